The summed E-state index contributed by atoms with van der Waals surface area (Å²) in [7, 11) is 0. The molecule has 2 fully saturated rings. The molecule has 0 aromatic carbocycles. The van der Waals surface area contributed by atoms with Crippen LogP contribution in [0, 0.1) is 33.0 Å². The monoisotopic (exact) mass is 524 g/mol. The second-order valence-electron chi connectivity index (χ2n) is 15.6. The van der Waals surface area contributed by atoms with E-state index in [-0.39, 0.29) is 33.9 Å². The van der Waals surface area contributed by atoms with Gasteiger partial charge in [-0.25, -0.2) is 0 Å². The maximum atomic E-state index is 14.2. The number of hydrogen-bond acceptors (Lipinski definition) is 5. The number of primary amides is 1. The Morgan fingerprint density at radius 2 is 1.61 bits per heavy atom. The number of ketones is 1. The highest BCUT2D eigenvalue weighted by atomic mass is 16.5. The van der Waals surface area contributed by atoms with E-state index in [9.17, 15) is 14.7 Å². The van der Waals surface area contributed by atoms with Crippen molar-refractivity contribution in [1.82, 2.24) is 5.16 Å². The van der Waals surface area contributed by atoms with E-state index in [4.69, 9.17) is 10.3 Å². The lowest BCUT2D eigenvalue weighted by molar-refractivity contribution is -0.185. The van der Waals surface area contributed by atoms with Gasteiger partial charge in [-0.3, -0.25) is 9.59 Å². The molecule has 1 heterocycles. The summed E-state index contributed by atoms with van der Waals surface area (Å²) >= 11 is 0. The Morgan fingerprint density at radius 3 is 2.26 bits per heavy atom. The summed E-state index contributed by atoms with van der Waals surface area (Å²) in [6.45, 7) is 17.6. The van der Waals surface area contributed by atoms with Crippen molar-refractivity contribution < 1.29 is 19.2 Å². The Balaban J connectivity index is 1.69. The van der Waals surface area contributed by atoms with Gasteiger partial charge in [0.25, 0.3) is 0 Å². The van der Waals surface area contributed by atoms with E-state index in [0.717, 1.165) is 55.4 Å². The van der Waals surface area contributed by atoms with Gasteiger partial charge in [0.05, 0.1) is 6.20 Å². The standard InChI is InChI=1S/C32H48N2O4/c1-26(2)11-13-28(5,25(33)36)14-15-31(8)30(7)10-9-21-27(3,4)24-20(19-34-38-24)18-29(21,6)22(30)17-23(35)32(31,37)16-12-26/h17,19,21,37H,9-16,18H2,1-8H3,(H2,33,36)/t21-,28-,29-,30+,31-,32+/m0/s1. The molecule has 0 bridgehead atoms. The lowest BCUT2D eigenvalue weighted by Crippen LogP contribution is -2.67. The van der Waals surface area contributed by atoms with Crippen molar-refractivity contribution >= 4 is 11.7 Å². The van der Waals surface area contributed by atoms with Gasteiger partial charge >= 0.3 is 0 Å². The van der Waals surface area contributed by atoms with Crippen LogP contribution in [0.4, 0.5) is 0 Å². The van der Waals surface area contributed by atoms with Gasteiger partial charge in [-0.05, 0) is 86.0 Å². The van der Waals surface area contributed by atoms with E-state index >= 15 is 0 Å². The van der Waals surface area contributed by atoms with Gasteiger partial charge in [0.15, 0.2) is 5.78 Å². The lowest BCUT2D eigenvalue weighted by atomic mass is 9.37. The highest BCUT2D eigenvalue weighted by Crippen LogP contribution is 2.71. The van der Waals surface area contributed by atoms with E-state index in [1.807, 2.05) is 19.2 Å². The molecule has 6 heteroatoms. The fourth-order valence-corrected chi connectivity index (χ4v) is 9.46. The Hall–Kier alpha value is -1.95. The summed E-state index contributed by atoms with van der Waals surface area (Å²) in [6.07, 6.45) is 10.1. The molecule has 1 aromatic heterocycles. The van der Waals surface area contributed by atoms with Crippen molar-refractivity contribution in [3.8, 4) is 0 Å². The molecule has 38 heavy (non-hydrogen) atoms. The third-order valence-electron chi connectivity index (χ3n) is 12.7. The van der Waals surface area contributed by atoms with Crippen LogP contribution in [0.15, 0.2) is 22.4 Å². The summed E-state index contributed by atoms with van der Waals surface area (Å²) in [6, 6.07) is 0. The van der Waals surface area contributed by atoms with Crippen molar-refractivity contribution in [3.63, 3.8) is 0 Å². The average molecular weight is 525 g/mol. The fourth-order valence-electron chi connectivity index (χ4n) is 9.46. The quantitative estimate of drug-likeness (QED) is 0.465. The predicted octanol–water partition coefficient (Wildman–Crippen LogP) is 6.05. The number of nitrogens with zero attached hydrogens (tertiary/aromatic N) is 1. The third-order valence-corrected chi connectivity index (χ3v) is 12.7. The molecule has 2 saturated carbocycles. The van der Waals surface area contributed by atoms with Gasteiger partial charge in [0.2, 0.25) is 5.91 Å². The van der Waals surface area contributed by atoms with Crippen LogP contribution in [0.1, 0.15) is 118 Å². The number of aliphatic hydroxyl groups is 1. The zero-order valence-electron chi connectivity index (χ0n) is 24.8. The van der Waals surface area contributed by atoms with Gasteiger partial charge in [-0.1, -0.05) is 66.1 Å². The number of carbonyl (C=O) groups is 2. The van der Waals surface area contributed by atoms with Crippen molar-refractivity contribution in [2.75, 3.05) is 0 Å². The summed E-state index contributed by atoms with van der Waals surface area (Å²) in [5, 5.41) is 16.7. The van der Waals surface area contributed by atoms with E-state index in [1.165, 1.54) is 0 Å². The first-order chi connectivity index (χ1) is 17.4. The first-order valence-electron chi connectivity index (χ1n) is 14.6. The zero-order valence-corrected chi connectivity index (χ0v) is 24.8. The Labute approximate surface area is 228 Å². The SMILES string of the molecule is CC1(C)CC[C@](C)(C(N)=O)CC[C@]2(C)[C@@](O)(CC1)C(=O)C=C1[C@@]3(C)Cc4cnoc4C(C)(C)[C@@H]3CC[C@]12C. The Morgan fingerprint density at radius 1 is 0.974 bits per heavy atom. The van der Waals surface area contributed by atoms with Crippen LogP contribution in [-0.2, 0) is 21.4 Å². The highest BCUT2D eigenvalue weighted by Gasteiger charge is 2.70. The second kappa shape index (κ2) is 8.05. The minimum absolute atomic E-state index is 0.114. The minimum atomic E-state index is -1.49. The number of fused-ring (bicyclic) bond motifs is 6. The molecule has 5 rings (SSSR count). The molecule has 6 nitrogen and oxygen atoms in total. The number of amides is 1. The van der Waals surface area contributed by atoms with Crippen LogP contribution in [0.2, 0.25) is 0 Å². The molecule has 0 radical (unpaired) electrons. The van der Waals surface area contributed by atoms with Crippen LogP contribution >= 0.6 is 0 Å². The largest absolute Gasteiger partial charge is 0.381 e. The normalized spacial score (nSPS) is 44.1. The second-order valence-corrected chi connectivity index (χ2v) is 15.6. The summed E-state index contributed by atoms with van der Waals surface area (Å²) < 4.78 is 5.77. The molecule has 6 atom stereocenters. The van der Waals surface area contributed by atoms with Gasteiger partial charge < -0.3 is 15.4 Å². The van der Waals surface area contributed by atoms with Crippen LogP contribution in [-0.4, -0.2) is 27.6 Å². The van der Waals surface area contributed by atoms with Crippen molar-refractivity contribution in [1.29, 1.82) is 0 Å². The average Bonchev–Trinajstić information content (AvgIpc) is 3.29. The third kappa shape index (κ3) is 3.44. The molecule has 0 unspecified atom stereocenters. The molecule has 4 aliphatic carbocycles. The summed E-state index contributed by atoms with van der Waals surface area (Å²) in [5.41, 5.74) is 4.38. The van der Waals surface area contributed by atoms with Crippen molar-refractivity contribution in [3.05, 3.63) is 29.2 Å². The molecule has 1 amide bonds. The number of hydrogen-bond donors (Lipinski definition) is 2. The van der Waals surface area contributed by atoms with E-state index in [1.54, 1.807) is 0 Å². The number of aromatic nitrogens is 1. The van der Waals surface area contributed by atoms with Crippen LogP contribution < -0.4 is 5.73 Å². The molecule has 1 aromatic rings. The molecule has 3 N–H and O–H groups in total. The van der Waals surface area contributed by atoms with Crippen molar-refractivity contribution in [2.45, 2.75) is 124 Å². The number of rotatable bonds is 1. The predicted molar refractivity (Wildman–Crippen MR) is 147 cm³/mol. The first-order valence-corrected chi connectivity index (χ1v) is 14.6. The summed E-state index contributed by atoms with van der Waals surface area (Å²) in [4.78, 5) is 27.0. The molecule has 210 valence electrons. The van der Waals surface area contributed by atoms with Crippen LogP contribution in [0.5, 0.6) is 0 Å². The number of carbonyl (C=O) groups excluding carboxylic acids is 2. The molecule has 0 saturated heterocycles. The molecular weight excluding hydrogens is 476 g/mol. The molecule has 0 spiro atoms. The Kier molecular flexibility index (Phi) is 5.85. The van der Waals surface area contributed by atoms with Crippen molar-refractivity contribution in [2.24, 2.45) is 38.7 Å². The zero-order chi connectivity index (χ0) is 28.2. The topological polar surface area (TPSA) is 106 Å². The van der Waals surface area contributed by atoms with Gasteiger partial charge in [0.1, 0.15) is 11.4 Å². The van der Waals surface area contributed by atoms with E-state index in [0.29, 0.717) is 19.3 Å². The smallest absolute Gasteiger partial charge is 0.223 e. The lowest BCUT2D eigenvalue weighted by Gasteiger charge is -2.67. The summed E-state index contributed by atoms with van der Waals surface area (Å²) in [5.74, 6) is 0.799. The number of allylic oxidation sites excluding steroid dienone is 1. The van der Waals surface area contributed by atoms with E-state index < -0.39 is 21.8 Å². The number of nitrogens with two attached hydrogens (primary N) is 1. The van der Waals surface area contributed by atoms with E-state index in [2.05, 4.69) is 53.6 Å². The molecule has 0 aliphatic heterocycles. The maximum absolute atomic E-state index is 14.2. The Bertz CT molecular complexity index is 1210. The minimum Gasteiger partial charge on any atom is -0.381 e. The van der Waals surface area contributed by atoms with Gasteiger partial charge in [-0.2, -0.15) is 0 Å². The van der Waals surface area contributed by atoms with Crippen LogP contribution in [0.3, 0.4) is 0 Å². The van der Waals surface area contributed by atoms with Crippen LogP contribution in [0.25, 0.3) is 0 Å². The maximum Gasteiger partial charge on any atom is 0.223 e. The fraction of sp³-hybridized carbons (Fsp3) is 0.781. The molecule has 4 aliphatic rings. The highest BCUT2D eigenvalue weighted by molar-refractivity contribution is 6.00. The van der Waals surface area contributed by atoms with Gasteiger partial charge in [0, 0.05) is 21.8 Å². The molecular formula is C32H48N2O4. The van der Waals surface area contributed by atoms with Gasteiger partial charge in [-0.15, -0.1) is 0 Å². The first kappa shape index (κ1) is 27.6.